The number of alkyl halides is 4. The molecule has 4 rings (SSSR count). The van der Waals surface area contributed by atoms with Crippen LogP contribution in [0.15, 0.2) is 23.3 Å². The highest BCUT2D eigenvalue weighted by Crippen LogP contribution is 2.38. The topological polar surface area (TPSA) is 113 Å². The van der Waals surface area contributed by atoms with E-state index in [9.17, 15) is 13.2 Å². The van der Waals surface area contributed by atoms with Gasteiger partial charge in [-0.15, -0.1) is 0 Å². The Morgan fingerprint density at radius 1 is 1.21 bits per heavy atom. The Morgan fingerprint density at radius 3 is 2.42 bits per heavy atom. The Morgan fingerprint density at radius 2 is 1.89 bits per heavy atom. The van der Waals surface area contributed by atoms with E-state index in [0.29, 0.717) is 5.57 Å². The maximum Gasteiger partial charge on any atom is 0.434 e. The van der Waals surface area contributed by atoms with Crippen LogP contribution in [0.1, 0.15) is 37.2 Å². The fraction of sp³-hybridized carbons (Fsp3) is 0.583. The number of piperidine rings is 1. The molecule has 2 aromatic rings. The molecule has 2 aromatic heterocycles. The van der Waals surface area contributed by atoms with Gasteiger partial charge >= 0.3 is 6.18 Å². The van der Waals surface area contributed by atoms with Gasteiger partial charge in [-0.1, -0.05) is 0 Å². The average molecular weight is 542 g/mol. The van der Waals surface area contributed by atoms with Crippen LogP contribution >= 0.6 is 0 Å². The largest absolute Gasteiger partial charge is 0.490 e. The third-order valence-corrected chi connectivity index (χ3v) is 6.65. The number of allylic oxidation sites excluding steroid dienone is 1. The normalized spacial score (nSPS) is 18.7. The smallest absolute Gasteiger partial charge is 0.434 e. The first kappa shape index (κ1) is 27.5. The molecule has 0 unspecified atom stereocenters. The number of ether oxygens (including phenoxy) is 3. The van der Waals surface area contributed by atoms with Crippen LogP contribution in [0.3, 0.4) is 0 Å². The number of anilines is 1. The summed E-state index contributed by atoms with van der Waals surface area (Å²) in [5.41, 5.74) is 4.56. The third-order valence-electron chi connectivity index (χ3n) is 6.65. The van der Waals surface area contributed by atoms with Gasteiger partial charge in [-0.05, 0) is 12.8 Å². The molecule has 10 nitrogen and oxygen atoms in total. The van der Waals surface area contributed by atoms with Crippen molar-refractivity contribution in [3.8, 4) is 11.6 Å². The molecule has 1 aliphatic carbocycles. The van der Waals surface area contributed by atoms with Crippen molar-refractivity contribution in [3.63, 3.8) is 0 Å². The highest BCUT2D eigenvalue weighted by atomic mass is 19.4. The van der Waals surface area contributed by atoms with Gasteiger partial charge in [-0.2, -0.15) is 18.2 Å². The molecule has 0 amide bonds. The fourth-order valence-electron chi connectivity index (χ4n) is 4.36. The maximum atomic E-state index is 15.7. The van der Waals surface area contributed by atoms with Crippen molar-refractivity contribution in [3.05, 3.63) is 29.8 Å². The molecule has 2 fully saturated rings. The predicted molar refractivity (Wildman–Crippen MR) is 132 cm³/mol. The molecule has 2 aliphatic rings. The quantitative estimate of drug-likeness (QED) is 0.292. The first-order chi connectivity index (χ1) is 18.0. The summed E-state index contributed by atoms with van der Waals surface area (Å²) in [4.78, 5) is 18.5. The lowest BCUT2D eigenvalue weighted by Crippen LogP contribution is -2.46. The molecule has 1 saturated heterocycles. The average Bonchev–Trinajstić information content (AvgIpc) is 3.65. The van der Waals surface area contributed by atoms with Crippen molar-refractivity contribution in [1.29, 1.82) is 0 Å². The first-order valence-electron chi connectivity index (χ1n) is 12.1. The fourth-order valence-corrected chi connectivity index (χ4v) is 4.36. The molecule has 14 heteroatoms. The van der Waals surface area contributed by atoms with Crippen LogP contribution in [0.2, 0.25) is 0 Å². The van der Waals surface area contributed by atoms with E-state index in [1.165, 1.54) is 32.0 Å². The number of hydrogen-bond donors (Lipinski definition) is 1. The van der Waals surface area contributed by atoms with Crippen LogP contribution in [0.4, 0.5) is 23.5 Å². The van der Waals surface area contributed by atoms with Crippen LogP contribution in [0, 0.1) is 5.92 Å². The number of hydrogen-bond acceptors (Lipinski definition) is 9. The third kappa shape index (κ3) is 5.78. The summed E-state index contributed by atoms with van der Waals surface area (Å²) in [5, 5.41) is 0. The molecular weight excluding hydrogens is 510 g/mol. The van der Waals surface area contributed by atoms with E-state index >= 15 is 4.39 Å². The zero-order chi connectivity index (χ0) is 27.7. The van der Waals surface area contributed by atoms with Gasteiger partial charge < -0.3 is 29.4 Å². The molecule has 0 aromatic carbocycles. The Kier molecular flexibility index (Phi) is 7.70. The number of imidazole rings is 1. The Balaban J connectivity index is 1.48. The molecule has 0 atom stereocenters. The van der Waals surface area contributed by atoms with E-state index in [-0.39, 0.29) is 67.7 Å². The van der Waals surface area contributed by atoms with Crippen molar-refractivity contribution in [2.45, 2.75) is 37.5 Å². The molecular formula is C24H31F4N7O3. The number of nitrogens with zero attached hydrogens (tertiary/aromatic N) is 6. The van der Waals surface area contributed by atoms with E-state index in [0.717, 1.165) is 24.8 Å². The number of aliphatic imine (C=N–C) groups is 1. The highest BCUT2D eigenvalue weighted by molar-refractivity contribution is 6.25. The standard InChI is InChI=1S/C24H31F4N7O3/c1-30-18(14-5-6-14)17(19(29)37-4)20-31-11-15(36-3)21(33-20)38-13-23(25)7-9-35(10-8-23)22-32-16(12-34(22)2)24(26,27)28/h11-12,14H,5-10,13,29H2,1-4H3. The molecule has 2 N–H and O–H groups in total. The van der Waals surface area contributed by atoms with E-state index in [4.69, 9.17) is 19.9 Å². The van der Waals surface area contributed by atoms with Crippen molar-refractivity contribution in [2.24, 2.45) is 23.7 Å². The number of aromatic nitrogens is 4. The van der Waals surface area contributed by atoms with Crippen LogP contribution in [0.5, 0.6) is 11.6 Å². The van der Waals surface area contributed by atoms with Gasteiger partial charge in [0, 0.05) is 52.1 Å². The zero-order valence-electron chi connectivity index (χ0n) is 21.7. The number of nitrogens with two attached hydrogens (primary N) is 1. The molecule has 0 bridgehead atoms. The van der Waals surface area contributed by atoms with Gasteiger partial charge in [-0.3, -0.25) is 4.99 Å². The SMILES string of the molecule is CN=C(C(=C(N)OC)c1ncc(OC)c(OCC2(F)CCN(c3nc(C(F)(F)F)cn3C)CC2)n1)C1CC1. The lowest BCUT2D eigenvalue weighted by Gasteiger charge is -2.36. The van der Waals surface area contributed by atoms with Crippen LogP contribution in [0.25, 0.3) is 5.57 Å². The van der Waals surface area contributed by atoms with Gasteiger partial charge in [0.25, 0.3) is 5.88 Å². The van der Waals surface area contributed by atoms with E-state index in [1.54, 1.807) is 11.9 Å². The van der Waals surface area contributed by atoms with Gasteiger partial charge in [0.15, 0.2) is 23.2 Å². The van der Waals surface area contributed by atoms with E-state index in [2.05, 4.69) is 19.9 Å². The second-order valence-electron chi connectivity index (χ2n) is 9.36. The minimum Gasteiger partial charge on any atom is -0.490 e. The van der Waals surface area contributed by atoms with Crippen LogP contribution in [-0.4, -0.2) is 71.9 Å². The van der Waals surface area contributed by atoms with Crippen molar-refractivity contribution >= 4 is 17.2 Å². The van der Waals surface area contributed by atoms with Gasteiger partial charge in [0.1, 0.15) is 17.8 Å². The molecule has 3 heterocycles. The molecule has 1 saturated carbocycles. The van der Waals surface area contributed by atoms with Crippen molar-refractivity contribution in [1.82, 2.24) is 19.5 Å². The Labute approximate surface area is 217 Å². The highest BCUT2D eigenvalue weighted by Gasteiger charge is 2.39. The molecule has 1 aliphatic heterocycles. The second kappa shape index (κ2) is 10.7. The summed E-state index contributed by atoms with van der Waals surface area (Å²) < 4.78 is 72.5. The monoisotopic (exact) mass is 541 g/mol. The minimum absolute atomic E-state index is 0.0254. The van der Waals surface area contributed by atoms with Gasteiger partial charge in [0.05, 0.1) is 26.1 Å². The van der Waals surface area contributed by atoms with Gasteiger partial charge in [-0.25, -0.2) is 14.4 Å². The maximum absolute atomic E-state index is 15.7. The molecule has 208 valence electrons. The minimum atomic E-state index is -4.55. The number of aryl methyl sites for hydroxylation is 1. The first-order valence-corrected chi connectivity index (χ1v) is 12.1. The van der Waals surface area contributed by atoms with Crippen molar-refractivity contribution < 1.29 is 31.8 Å². The molecule has 0 spiro atoms. The summed E-state index contributed by atoms with van der Waals surface area (Å²) in [5.74, 6) is 0.921. The molecule has 0 radical (unpaired) electrons. The van der Waals surface area contributed by atoms with E-state index < -0.39 is 17.5 Å². The summed E-state index contributed by atoms with van der Waals surface area (Å²) in [6, 6.07) is 0. The zero-order valence-corrected chi connectivity index (χ0v) is 21.7. The summed E-state index contributed by atoms with van der Waals surface area (Å²) in [6.07, 6.45) is -0.244. The number of methoxy groups -OCH3 is 2. The van der Waals surface area contributed by atoms with Crippen molar-refractivity contribution in [2.75, 3.05) is 45.9 Å². The van der Waals surface area contributed by atoms with E-state index in [1.807, 2.05) is 0 Å². The Bertz CT molecular complexity index is 1220. The lowest BCUT2D eigenvalue weighted by molar-refractivity contribution is -0.140. The van der Waals surface area contributed by atoms with Crippen LogP contribution in [-0.2, 0) is 18.0 Å². The summed E-state index contributed by atoms with van der Waals surface area (Å²) in [7, 11) is 5.99. The number of halogens is 4. The predicted octanol–water partition coefficient (Wildman–Crippen LogP) is 3.38. The Hall–Kier alpha value is -3.58. The lowest BCUT2D eigenvalue weighted by atomic mass is 9.94. The molecule has 38 heavy (non-hydrogen) atoms. The van der Waals surface area contributed by atoms with Gasteiger partial charge in [0.2, 0.25) is 5.95 Å². The summed E-state index contributed by atoms with van der Waals surface area (Å²) >= 11 is 0. The van der Waals surface area contributed by atoms with Crippen LogP contribution < -0.4 is 20.1 Å². The summed E-state index contributed by atoms with van der Waals surface area (Å²) in [6.45, 7) is 0.00442. The number of rotatable bonds is 9. The second-order valence-corrected chi connectivity index (χ2v) is 9.36.